The number of carbonyl (C=O) groups is 2. The molecule has 22 heavy (non-hydrogen) atoms. The minimum Gasteiger partial charge on any atom is -0.336 e. The highest BCUT2D eigenvalue weighted by Gasteiger charge is 2.26. The fourth-order valence-corrected chi connectivity index (χ4v) is 2.81. The molecule has 0 fully saturated rings. The number of urea groups is 1. The van der Waals surface area contributed by atoms with E-state index in [1.165, 1.54) is 11.1 Å². The van der Waals surface area contributed by atoms with E-state index < -0.39 is 6.04 Å². The molecule has 1 atom stereocenters. The number of fused-ring (bicyclic) bond motifs is 1. The molecule has 5 heteroatoms. The van der Waals surface area contributed by atoms with Crippen molar-refractivity contribution in [1.29, 1.82) is 0 Å². The second-order valence-electron chi connectivity index (χ2n) is 5.62. The normalized spacial score (nSPS) is 15.0. The van der Waals surface area contributed by atoms with Gasteiger partial charge in [0.25, 0.3) is 0 Å². The molecule has 0 saturated carbocycles. The van der Waals surface area contributed by atoms with Gasteiger partial charge in [-0.05, 0) is 38.3 Å². The molecule has 1 aromatic carbocycles. The molecule has 120 valence electrons. The Morgan fingerprint density at radius 2 is 1.86 bits per heavy atom. The van der Waals surface area contributed by atoms with Crippen LogP contribution in [0.1, 0.15) is 31.9 Å². The zero-order valence-electron chi connectivity index (χ0n) is 13.6. The number of hydrogen-bond acceptors (Lipinski definition) is 2. The number of nitrogens with one attached hydrogen (secondary N) is 1. The predicted octanol–water partition coefficient (Wildman–Crippen LogP) is 2.01. The summed E-state index contributed by atoms with van der Waals surface area (Å²) in [7, 11) is 0. The number of carbonyl (C=O) groups excluding carboxylic acids is 2. The van der Waals surface area contributed by atoms with Crippen molar-refractivity contribution >= 4 is 11.9 Å². The fourth-order valence-electron chi connectivity index (χ4n) is 2.81. The maximum absolute atomic E-state index is 12.5. The number of benzene rings is 1. The lowest BCUT2D eigenvalue weighted by atomic mass is 9.99. The van der Waals surface area contributed by atoms with Crippen molar-refractivity contribution in [1.82, 2.24) is 15.1 Å². The standard InChI is InChI=1S/C17H25N3O2/c1-4-19(5-2)17(22)18-13(3)16(21)20-11-10-14-8-6-7-9-15(14)12-20/h6-9,13H,4-5,10-12H2,1-3H3,(H,18,22)/t13-/m1/s1. The van der Waals surface area contributed by atoms with Crippen molar-refractivity contribution in [2.75, 3.05) is 19.6 Å². The van der Waals surface area contributed by atoms with Crippen LogP contribution in [0.25, 0.3) is 0 Å². The highest BCUT2D eigenvalue weighted by Crippen LogP contribution is 2.19. The number of hydrogen-bond donors (Lipinski definition) is 1. The molecule has 1 aromatic rings. The molecule has 3 amide bonds. The Bertz CT molecular complexity index is 540. The molecule has 0 saturated heterocycles. The van der Waals surface area contributed by atoms with Gasteiger partial charge in [-0.3, -0.25) is 4.79 Å². The van der Waals surface area contributed by atoms with E-state index in [0.29, 0.717) is 26.2 Å². The van der Waals surface area contributed by atoms with Crippen LogP contribution in [0.15, 0.2) is 24.3 Å². The summed E-state index contributed by atoms with van der Waals surface area (Å²) in [6, 6.07) is 7.53. The van der Waals surface area contributed by atoms with Gasteiger partial charge in [-0.1, -0.05) is 24.3 Å². The first-order valence-corrected chi connectivity index (χ1v) is 7.97. The third kappa shape index (κ3) is 3.59. The molecule has 0 aliphatic carbocycles. The van der Waals surface area contributed by atoms with Crippen LogP contribution in [0.4, 0.5) is 4.79 Å². The molecule has 1 aliphatic heterocycles. The summed E-state index contributed by atoms with van der Waals surface area (Å²) in [4.78, 5) is 28.1. The van der Waals surface area contributed by atoms with E-state index in [1.54, 1.807) is 11.8 Å². The van der Waals surface area contributed by atoms with Crippen molar-refractivity contribution in [3.05, 3.63) is 35.4 Å². The summed E-state index contributed by atoms with van der Waals surface area (Å²) in [6.07, 6.45) is 0.874. The maximum atomic E-state index is 12.5. The molecule has 1 aliphatic rings. The van der Waals surface area contributed by atoms with Crippen molar-refractivity contribution in [3.8, 4) is 0 Å². The van der Waals surface area contributed by atoms with Crippen LogP contribution in [-0.2, 0) is 17.8 Å². The Kier molecular flexibility index (Phi) is 5.41. The molecule has 2 rings (SSSR count). The van der Waals surface area contributed by atoms with E-state index >= 15 is 0 Å². The van der Waals surface area contributed by atoms with E-state index in [9.17, 15) is 9.59 Å². The fraction of sp³-hybridized carbons (Fsp3) is 0.529. The van der Waals surface area contributed by atoms with E-state index in [2.05, 4.69) is 17.4 Å². The van der Waals surface area contributed by atoms with Gasteiger partial charge >= 0.3 is 6.03 Å². The first-order valence-electron chi connectivity index (χ1n) is 7.97. The third-order valence-corrected chi connectivity index (χ3v) is 4.20. The Morgan fingerprint density at radius 3 is 2.50 bits per heavy atom. The molecule has 1 N–H and O–H groups in total. The zero-order valence-corrected chi connectivity index (χ0v) is 13.6. The second kappa shape index (κ2) is 7.29. The Balaban J connectivity index is 1.96. The van der Waals surface area contributed by atoms with Crippen LogP contribution in [0.3, 0.4) is 0 Å². The third-order valence-electron chi connectivity index (χ3n) is 4.20. The lowest BCUT2D eigenvalue weighted by Gasteiger charge is -2.31. The monoisotopic (exact) mass is 303 g/mol. The minimum absolute atomic E-state index is 0.0185. The second-order valence-corrected chi connectivity index (χ2v) is 5.62. The number of amides is 3. The quantitative estimate of drug-likeness (QED) is 0.925. The largest absolute Gasteiger partial charge is 0.336 e. The van der Waals surface area contributed by atoms with Gasteiger partial charge in [-0.15, -0.1) is 0 Å². The summed E-state index contributed by atoms with van der Waals surface area (Å²) in [5.74, 6) is -0.0185. The minimum atomic E-state index is -0.502. The topological polar surface area (TPSA) is 52.7 Å². The van der Waals surface area contributed by atoms with Crippen molar-refractivity contribution < 1.29 is 9.59 Å². The molecule has 0 spiro atoms. The average Bonchev–Trinajstić information content (AvgIpc) is 2.54. The Morgan fingerprint density at radius 1 is 1.23 bits per heavy atom. The van der Waals surface area contributed by atoms with Crippen molar-refractivity contribution in [3.63, 3.8) is 0 Å². The van der Waals surface area contributed by atoms with Gasteiger partial charge in [0.1, 0.15) is 6.04 Å². The molecule has 0 radical (unpaired) electrons. The van der Waals surface area contributed by atoms with E-state index in [-0.39, 0.29) is 11.9 Å². The van der Waals surface area contributed by atoms with Gasteiger partial charge in [0.2, 0.25) is 5.91 Å². The van der Waals surface area contributed by atoms with Crippen LogP contribution < -0.4 is 5.32 Å². The molecular weight excluding hydrogens is 278 g/mol. The summed E-state index contributed by atoms with van der Waals surface area (Å²) < 4.78 is 0. The molecule has 0 unspecified atom stereocenters. The number of rotatable bonds is 4. The van der Waals surface area contributed by atoms with Crippen LogP contribution in [-0.4, -0.2) is 47.4 Å². The summed E-state index contributed by atoms with van der Waals surface area (Å²) >= 11 is 0. The first-order chi connectivity index (χ1) is 10.6. The highest BCUT2D eigenvalue weighted by molar-refractivity contribution is 5.86. The zero-order chi connectivity index (χ0) is 16.1. The smallest absolute Gasteiger partial charge is 0.318 e. The van der Waals surface area contributed by atoms with Gasteiger partial charge in [0, 0.05) is 26.2 Å². The molecule has 1 heterocycles. The van der Waals surface area contributed by atoms with Crippen LogP contribution >= 0.6 is 0 Å². The van der Waals surface area contributed by atoms with Crippen LogP contribution in [0, 0.1) is 0 Å². The molecule has 5 nitrogen and oxygen atoms in total. The van der Waals surface area contributed by atoms with Crippen LogP contribution in [0.5, 0.6) is 0 Å². The maximum Gasteiger partial charge on any atom is 0.318 e. The van der Waals surface area contributed by atoms with Gasteiger partial charge in [-0.25, -0.2) is 4.79 Å². The summed E-state index contributed by atoms with van der Waals surface area (Å²) in [5.41, 5.74) is 2.51. The summed E-state index contributed by atoms with van der Waals surface area (Å²) in [6.45, 7) is 8.22. The van der Waals surface area contributed by atoms with Crippen molar-refractivity contribution in [2.24, 2.45) is 0 Å². The van der Waals surface area contributed by atoms with Gasteiger partial charge in [0.05, 0.1) is 0 Å². The van der Waals surface area contributed by atoms with E-state index in [1.807, 2.05) is 30.9 Å². The van der Waals surface area contributed by atoms with E-state index in [0.717, 1.165) is 6.42 Å². The summed E-state index contributed by atoms with van der Waals surface area (Å²) in [5, 5.41) is 2.80. The average molecular weight is 303 g/mol. The van der Waals surface area contributed by atoms with Gasteiger partial charge in [0.15, 0.2) is 0 Å². The Hall–Kier alpha value is -2.04. The van der Waals surface area contributed by atoms with Gasteiger partial charge < -0.3 is 15.1 Å². The predicted molar refractivity (Wildman–Crippen MR) is 86.5 cm³/mol. The molecule has 0 aromatic heterocycles. The lowest BCUT2D eigenvalue weighted by molar-refractivity contribution is -0.133. The SMILES string of the molecule is CCN(CC)C(=O)N[C@H](C)C(=O)N1CCc2ccccc2C1. The lowest BCUT2D eigenvalue weighted by Crippen LogP contribution is -2.51. The van der Waals surface area contributed by atoms with E-state index in [4.69, 9.17) is 0 Å². The van der Waals surface area contributed by atoms with Crippen molar-refractivity contribution in [2.45, 2.75) is 39.8 Å². The Labute approximate surface area is 132 Å². The van der Waals surface area contributed by atoms with Crippen LogP contribution in [0.2, 0.25) is 0 Å². The molecular formula is C17H25N3O2. The molecule has 0 bridgehead atoms. The first kappa shape index (κ1) is 16.3. The highest BCUT2D eigenvalue weighted by atomic mass is 16.2. The number of nitrogens with zero attached hydrogens (tertiary/aromatic N) is 2. The van der Waals surface area contributed by atoms with Gasteiger partial charge in [-0.2, -0.15) is 0 Å².